The molecule has 0 aliphatic heterocycles. The van der Waals surface area contributed by atoms with Crippen LogP contribution in [0.1, 0.15) is 11.1 Å². The minimum atomic E-state index is -4.25. The fraction of sp³-hybridized carbons (Fsp3) is 0.0909. The molecule has 0 saturated carbocycles. The lowest BCUT2D eigenvalue weighted by Gasteiger charge is -2.03. The number of rotatable bonds is 0. The first-order valence-electron chi connectivity index (χ1n) is 4.66. The van der Waals surface area contributed by atoms with Gasteiger partial charge in [-0.05, 0) is 12.1 Å². The molecule has 4 nitrogen and oxygen atoms in total. The lowest BCUT2D eigenvalue weighted by Crippen LogP contribution is -2.03. The fourth-order valence-corrected chi connectivity index (χ4v) is 0.898. The summed E-state index contributed by atoms with van der Waals surface area (Å²) >= 11 is 0. The molecule has 7 heteroatoms. The lowest BCUT2D eigenvalue weighted by molar-refractivity contribution is -0.137. The number of alkyl halides is 3. The summed E-state index contributed by atoms with van der Waals surface area (Å²) in [6.45, 7) is 0. The minimum Gasteiger partial charge on any atom is -0.265 e. The van der Waals surface area contributed by atoms with Gasteiger partial charge in [-0.3, -0.25) is 4.98 Å². The molecule has 0 fully saturated rings. The predicted octanol–water partition coefficient (Wildman–Crippen LogP) is 2.45. The topological polar surface area (TPSA) is 62.5 Å². The monoisotopic (exact) mass is 252 g/mol. The molecule has 2 aromatic rings. The Labute approximate surface area is 101 Å². The van der Waals surface area contributed by atoms with Gasteiger partial charge in [-0.1, -0.05) is 0 Å². The van der Waals surface area contributed by atoms with Gasteiger partial charge in [0.15, 0.2) is 0 Å². The van der Waals surface area contributed by atoms with Gasteiger partial charge in [-0.15, -0.1) is 0 Å². The Morgan fingerprint density at radius 2 is 1.56 bits per heavy atom. The van der Waals surface area contributed by atoms with Gasteiger partial charge < -0.3 is 0 Å². The second-order valence-corrected chi connectivity index (χ2v) is 2.97. The average Bonchev–Trinajstić information content (AvgIpc) is 2.40. The van der Waals surface area contributed by atoms with Gasteiger partial charge >= 0.3 is 6.18 Å². The Kier molecular flexibility index (Phi) is 4.75. The van der Waals surface area contributed by atoms with Crippen molar-refractivity contribution in [1.82, 2.24) is 15.0 Å². The molecule has 2 aromatic heterocycles. The van der Waals surface area contributed by atoms with Crippen LogP contribution in [0, 0.1) is 11.3 Å². The molecule has 18 heavy (non-hydrogen) atoms. The van der Waals surface area contributed by atoms with Crippen LogP contribution in [-0.2, 0) is 6.18 Å². The first-order chi connectivity index (χ1) is 8.54. The average molecular weight is 252 g/mol. The Hall–Kier alpha value is -2.49. The maximum atomic E-state index is 11.8. The maximum Gasteiger partial charge on any atom is 0.416 e. The summed E-state index contributed by atoms with van der Waals surface area (Å²) < 4.78 is 35.3. The van der Waals surface area contributed by atoms with Gasteiger partial charge in [0.25, 0.3) is 0 Å². The van der Waals surface area contributed by atoms with E-state index in [0.717, 1.165) is 24.5 Å². The summed E-state index contributed by atoms with van der Waals surface area (Å²) in [5.74, 6) is 0. The third kappa shape index (κ3) is 4.57. The van der Waals surface area contributed by atoms with Crippen molar-refractivity contribution in [1.29, 1.82) is 5.26 Å². The summed E-state index contributed by atoms with van der Waals surface area (Å²) in [4.78, 5) is 10.7. The Morgan fingerprint density at radius 3 is 1.89 bits per heavy atom. The number of nitrogens with zero attached hydrogens (tertiary/aromatic N) is 4. The van der Waals surface area contributed by atoms with Crippen LogP contribution in [-0.4, -0.2) is 15.0 Å². The van der Waals surface area contributed by atoms with Crippen LogP contribution in [0.25, 0.3) is 0 Å². The molecule has 0 amide bonds. The number of hydrogen-bond donors (Lipinski definition) is 0. The van der Waals surface area contributed by atoms with Crippen molar-refractivity contribution in [3.8, 4) is 6.07 Å². The van der Waals surface area contributed by atoms with E-state index in [1.54, 1.807) is 0 Å². The Morgan fingerprint density at radius 1 is 1.00 bits per heavy atom. The van der Waals surface area contributed by atoms with Crippen LogP contribution < -0.4 is 0 Å². The van der Waals surface area contributed by atoms with Gasteiger partial charge in [0.1, 0.15) is 12.4 Å². The van der Waals surface area contributed by atoms with Gasteiger partial charge in [0.05, 0.1) is 11.1 Å². The van der Waals surface area contributed by atoms with Crippen molar-refractivity contribution >= 4 is 0 Å². The quantitative estimate of drug-likeness (QED) is 0.722. The van der Waals surface area contributed by atoms with Gasteiger partial charge in [-0.25, -0.2) is 9.97 Å². The fourth-order valence-electron chi connectivity index (χ4n) is 0.898. The number of aromatic nitrogens is 3. The van der Waals surface area contributed by atoms with Crippen molar-refractivity contribution in [2.45, 2.75) is 6.18 Å². The second-order valence-electron chi connectivity index (χ2n) is 2.97. The summed E-state index contributed by atoms with van der Waals surface area (Å²) in [6.07, 6.45) is 2.30. The van der Waals surface area contributed by atoms with Crippen LogP contribution in [0.2, 0.25) is 0 Å². The van der Waals surface area contributed by atoms with Crippen molar-refractivity contribution in [2.24, 2.45) is 0 Å². The zero-order chi connectivity index (χ0) is 13.4. The standard InChI is InChI=1S/C6H4F3N.C5H3N3/c7-6(8,9)5-1-3-10-4-2-5;6-1-5-2-7-4-8-3-5/h1-4H;2-4H. The number of halogens is 3. The van der Waals surface area contributed by atoms with E-state index in [2.05, 4.69) is 15.0 Å². The van der Waals surface area contributed by atoms with Crippen molar-refractivity contribution in [2.75, 3.05) is 0 Å². The van der Waals surface area contributed by atoms with Gasteiger partial charge in [0.2, 0.25) is 0 Å². The van der Waals surface area contributed by atoms with E-state index in [0.29, 0.717) is 5.56 Å². The molecule has 0 aromatic carbocycles. The summed E-state index contributed by atoms with van der Waals surface area (Å²) in [5.41, 5.74) is -0.171. The largest absolute Gasteiger partial charge is 0.416 e. The van der Waals surface area contributed by atoms with Crippen LogP contribution in [0.4, 0.5) is 13.2 Å². The molecule has 0 unspecified atom stereocenters. The predicted molar refractivity (Wildman–Crippen MR) is 56.0 cm³/mol. The van der Waals surface area contributed by atoms with E-state index in [4.69, 9.17) is 5.26 Å². The first kappa shape index (κ1) is 13.6. The normalized spacial score (nSPS) is 9.89. The number of nitriles is 1. The second kappa shape index (κ2) is 6.30. The SMILES string of the molecule is FC(F)(F)c1ccncc1.N#Cc1cncnc1. The highest BCUT2D eigenvalue weighted by molar-refractivity contribution is 5.20. The van der Waals surface area contributed by atoms with Crippen LogP contribution in [0.15, 0.2) is 43.2 Å². The van der Waals surface area contributed by atoms with Crippen LogP contribution >= 0.6 is 0 Å². The molecule has 0 aliphatic carbocycles. The molecule has 0 N–H and O–H groups in total. The number of hydrogen-bond acceptors (Lipinski definition) is 4. The zero-order valence-corrected chi connectivity index (χ0v) is 8.96. The Balaban J connectivity index is 0.000000184. The maximum absolute atomic E-state index is 11.8. The molecule has 2 rings (SSSR count). The van der Waals surface area contributed by atoms with Crippen LogP contribution in [0.3, 0.4) is 0 Å². The Bertz CT molecular complexity index is 505. The molecule has 0 aliphatic rings. The molecule has 0 atom stereocenters. The van der Waals surface area contributed by atoms with Crippen molar-refractivity contribution < 1.29 is 13.2 Å². The minimum absolute atomic E-state index is 0.493. The van der Waals surface area contributed by atoms with E-state index in [1.807, 2.05) is 6.07 Å². The van der Waals surface area contributed by atoms with E-state index < -0.39 is 11.7 Å². The molecule has 0 bridgehead atoms. The molecular weight excluding hydrogens is 245 g/mol. The highest BCUT2D eigenvalue weighted by Gasteiger charge is 2.29. The van der Waals surface area contributed by atoms with Gasteiger partial charge in [-0.2, -0.15) is 18.4 Å². The number of pyridine rings is 1. The van der Waals surface area contributed by atoms with Crippen LogP contribution in [0.5, 0.6) is 0 Å². The highest BCUT2D eigenvalue weighted by atomic mass is 19.4. The molecule has 0 spiro atoms. The molecule has 0 saturated heterocycles. The third-order valence-corrected chi connectivity index (χ3v) is 1.70. The van der Waals surface area contributed by atoms with E-state index >= 15 is 0 Å². The molecule has 0 radical (unpaired) electrons. The van der Waals surface area contributed by atoms with Gasteiger partial charge in [0, 0.05) is 24.8 Å². The molecule has 2 heterocycles. The summed E-state index contributed by atoms with van der Waals surface area (Å²) in [7, 11) is 0. The van der Waals surface area contributed by atoms with Crippen molar-refractivity contribution in [3.63, 3.8) is 0 Å². The molecular formula is C11H7F3N4. The van der Waals surface area contributed by atoms with E-state index in [9.17, 15) is 13.2 Å². The smallest absolute Gasteiger partial charge is 0.265 e. The zero-order valence-electron chi connectivity index (χ0n) is 8.96. The summed E-state index contributed by atoms with van der Waals surface area (Å²) in [6, 6.07) is 3.76. The first-order valence-corrected chi connectivity index (χ1v) is 4.66. The van der Waals surface area contributed by atoms with E-state index in [-0.39, 0.29) is 0 Å². The third-order valence-electron chi connectivity index (χ3n) is 1.70. The highest BCUT2D eigenvalue weighted by Crippen LogP contribution is 2.27. The molecule has 92 valence electrons. The summed E-state index contributed by atoms with van der Waals surface area (Å²) in [5, 5.41) is 8.21. The van der Waals surface area contributed by atoms with Crippen molar-refractivity contribution in [3.05, 3.63) is 54.4 Å². The lowest BCUT2D eigenvalue weighted by atomic mass is 10.3. The van der Waals surface area contributed by atoms with E-state index in [1.165, 1.54) is 18.7 Å².